The first kappa shape index (κ1) is 22.7. The summed E-state index contributed by atoms with van der Waals surface area (Å²) in [4.78, 5) is 55.5. The van der Waals surface area contributed by atoms with Crippen molar-refractivity contribution >= 4 is 46.1 Å². The van der Waals surface area contributed by atoms with Gasteiger partial charge >= 0.3 is 0 Å². The van der Waals surface area contributed by atoms with E-state index in [0.29, 0.717) is 39.8 Å². The van der Waals surface area contributed by atoms with Crippen LogP contribution in [0.5, 0.6) is 0 Å². The summed E-state index contributed by atoms with van der Waals surface area (Å²) in [5.41, 5.74) is 1.50. The van der Waals surface area contributed by atoms with E-state index in [2.05, 4.69) is 24.1 Å². The SMILES string of the molecule is CC(C)CCn1c(SCC(=O)Nc2ccc3c(c2)C(=O)N(C)C3=O)nc2ccccc2c1=O. The molecule has 3 amide bonds. The summed E-state index contributed by atoms with van der Waals surface area (Å²) in [6, 6.07) is 11.8. The molecular weight excluding hydrogens is 440 g/mol. The predicted molar refractivity (Wildman–Crippen MR) is 128 cm³/mol. The summed E-state index contributed by atoms with van der Waals surface area (Å²) in [5, 5.41) is 3.80. The average Bonchev–Trinajstić information content (AvgIpc) is 3.00. The minimum atomic E-state index is -0.394. The Morgan fingerprint density at radius 3 is 2.55 bits per heavy atom. The second-order valence-corrected chi connectivity index (χ2v) is 9.26. The highest BCUT2D eigenvalue weighted by molar-refractivity contribution is 7.99. The Balaban J connectivity index is 1.52. The normalized spacial score (nSPS) is 13.2. The summed E-state index contributed by atoms with van der Waals surface area (Å²) >= 11 is 1.19. The molecule has 3 aromatic rings. The summed E-state index contributed by atoms with van der Waals surface area (Å²) in [5.74, 6) is -0.600. The third-order valence-corrected chi connectivity index (χ3v) is 6.44. The Bertz CT molecular complexity index is 1330. The maximum Gasteiger partial charge on any atom is 0.262 e. The van der Waals surface area contributed by atoms with Gasteiger partial charge in [-0.25, -0.2) is 4.98 Å². The lowest BCUT2D eigenvalue weighted by atomic mass is 10.1. The van der Waals surface area contributed by atoms with Crippen molar-refractivity contribution in [1.29, 1.82) is 0 Å². The molecule has 0 radical (unpaired) electrons. The number of hydrogen-bond acceptors (Lipinski definition) is 6. The van der Waals surface area contributed by atoms with E-state index in [1.165, 1.54) is 30.9 Å². The van der Waals surface area contributed by atoms with Gasteiger partial charge in [0.15, 0.2) is 5.16 Å². The number of benzene rings is 2. The molecule has 1 aliphatic heterocycles. The third-order valence-electron chi connectivity index (χ3n) is 5.46. The number of nitrogens with zero attached hydrogens (tertiary/aromatic N) is 3. The number of anilines is 1. The molecule has 0 bridgehead atoms. The molecule has 170 valence electrons. The molecule has 2 aromatic carbocycles. The summed E-state index contributed by atoms with van der Waals surface area (Å²) in [6.45, 7) is 4.70. The number of hydrogen-bond donors (Lipinski definition) is 1. The molecule has 1 aliphatic rings. The van der Waals surface area contributed by atoms with Gasteiger partial charge in [-0.3, -0.25) is 28.6 Å². The van der Waals surface area contributed by atoms with Crippen LogP contribution in [-0.2, 0) is 11.3 Å². The highest BCUT2D eigenvalue weighted by Crippen LogP contribution is 2.25. The van der Waals surface area contributed by atoms with Gasteiger partial charge in [-0.15, -0.1) is 0 Å². The number of thioether (sulfide) groups is 1. The van der Waals surface area contributed by atoms with E-state index in [4.69, 9.17) is 0 Å². The number of carbonyl (C=O) groups excluding carboxylic acids is 3. The molecule has 0 saturated heterocycles. The fourth-order valence-electron chi connectivity index (χ4n) is 3.61. The number of imide groups is 1. The van der Waals surface area contributed by atoms with Crippen molar-refractivity contribution in [2.75, 3.05) is 18.1 Å². The van der Waals surface area contributed by atoms with Crippen LogP contribution in [0.3, 0.4) is 0 Å². The molecule has 4 rings (SSSR count). The highest BCUT2D eigenvalue weighted by Gasteiger charge is 2.32. The molecule has 2 heterocycles. The van der Waals surface area contributed by atoms with Crippen LogP contribution in [-0.4, -0.2) is 45.0 Å². The maximum absolute atomic E-state index is 13.0. The number of aromatic nitrogens is 2. The van der Waals surface area contributed by atoms with Gasteiger partial charge in [0, 0.05) is 19.3 Å². The van der Waals surface area contributed by atoms with Gasteiger partial charge in [0.25, 0.3) is 17.4 Å². The van der Waals surface area contributed by atoms with Crippen LogP contribution in [0, 0.1) is 5.92 Å². The first-order valence-corrected chi connectivity index (χ1v) is 11.6. The van der Waals surface area contributed by atoms with Gasteiger partial charge in [-0.2, -0.15) is 0 Å². The van der Waals surface area contributed by atoms with Gasteiger partial charge < -0.3 is 5.32 Å². The van der Waals surface area contributed by atoms with E-state index in [-0.39, 0.29) is 28.7 Å². The van der Waals surface area contributed by atoms with Gasteiger partial charge in [-0.05, 0) is 42.7 Å². The van der Waals surface area contributed by atoms with Gasteiger partial charge in [0.2, 0.25) is 5.91 Å². The minimum absolute atomic E-state index is 0.0380. The van der Waals surface area contributed by atoms with E-state index in [1.807, 2.05) is 12.1 Å². The second-order valence-electron chi connectivity index (χ2n) is 8.32. The van der Waals surface area contributed by atoms with Crippen molar-refractivity contribution in [2.24, 2.45) is 5.92 Å². The van der Waals surface area contributed by atoms with Crippen molar-refractivity contribution in [3.8, 4) is 0 Å². The van der Waals surface area contributed by atoms with E-state index in [9.17, 15) is 19.2 Å². The van der Waals surface area contributed by atoms with E-state index in [1.54, 1.807) is 22.8 Å². The fourth-order valence-corrected chi connectivity index (χ4v) is 4.43. The maximum atomic E-state index is 13.0. The lowest BCUT2D eigenvalue weighted by molar-refractivity contribution is -0.113. The molecule has 0 fully saturated rings. The van der Waals surface area contributed by atoms with Crippen molar-refractivity contribution in [3.05, 3.63) is 63.9 Å². The van der Waals surface area contributed by atoms with Crippen LogP contribution in [0.25, 0.3) is 10.9 Å². The minimum Gasteiger partial charge on any atom is -0.325 e. The van der Waals surface area contributed by atoms with Crippen molar-refractivity contribution in [3.63, 3.8) is 0 Å². The van der Waals surface area contributed by atoms with Gasteiger partial charge in [0.1, 0.15) is 0 Å². The zero-order valence-electron chi connectivity index (χ0n) is 18.6. The van der Waals surface area contributed by atoms with Crippen LogP contribution >= 0.6 is 11.8 Å². The Labute approximate surface area is 195 Å². The molecule has 1 N–H and O–H groups in total. The van der Waals surface area contributed by atoms with Crippen molar-refractivity contribution in [2.45, 2.75) is 32.0 Å². The molecule has 8 nitrogen and oxygen atoms in total. The number of carbonyl (C=O) groups is 3. The zero-order valence-corrected chi connectivity index (χ0v) is 19.4. The lowest BCUT2D eigenvalue weighted by Gasteiger charge is -2.14. The second kappa shape index (κ2) is 9.19. The van der Waals surface area contributed by atoms with Crippen molar-refractivity contribution in [1.82, 2.24) is 14.5 Å². The standard InChI is InChI=1S/C24H24N4O4S/c1-14(2)10-11-28-23(32)17-6-4-5-7-19(17)26-24(28)33-13-20(29)25-15-8-9-16-18(12-15)22(31)27(3)21(16)30/h4-9,12,14H,10-11,13H2,1-3H3,(H,25,29). The van der Waals surface area contributed by atoms with Crippen LogP contribution < -0.4 is 10.9 Å². The molecule has 9 heteroatoms. The lowest BCUT2D eigenvalue weighted by Crippen LogP contribution is -2.25. The molecule has 0 spiro atoms. The molecular formula is C24H24N4O4S. The number of fused-ring (bicyclic) bond motifs is 2. The largest absolute Gasteiger partial charge is 0.325 e. The summed E-state index contributed by atoms with van der Waals surface area (Å²) in [6.07, 6.45) is 0.815. The summed E-state index contributed by atoms with van der Waals surface area (Å²) < 4.78 is 1.63. The van der Waals surface area contributed by atoms with Crippen LogP contribution in [0.1, 0.15) is 41.0 Å². The Morgan fingerprint density at radius 2 is 1.79 bits per heavy atom. The first-order chi connectivity index (χ1) is 15.8. The Hall–Kier alpha value is -3.46. The number of para-hydroxylation sites is 1. The number of nitrogens with one attached hydrogen (secondary N) is 1. The fraction of sp³-hybridized carbons (Fsp3) is 0.292. The van der Waals surface area contributed by atoms with Crippen LogP contribution in [0.2, 0.25) is 0 Å². The Kier molecular flexibility index (Phi) is 6.33. The van der Waals surface area contributed by atoms with E-state index < -0.39 is 5.91 Å². The molecule has 0 atom stereocenters. The highest BCUT2D eigenvalue weighted by atomic mass is 32.2. The number of amides is 3. The average molecular weight is 465 g/mol. The smallest absolute Gasteiger partial charge is 0.262 e. The first-order valence-electron chi connectivity index (χ1n) is 10.6. The Morgan fingerprint density at radius 1 is 1.06 bits per heavy atom. The molecule has 33 heavy (non-hydrogen) atoms. The molecule has 1 aromatic heterocycles. The molecule has 0 aliphatic carbocycles. The molecule has 0 unspecified atom stereocenters. The quantitative estimate of drug-likeness (QED) is 0.327. The zero-order chi connectivity index (χ0) is 23.7. The topological polar surface area (TPSA) is 101 Å². The monoisotopic (exact) mass is 464 g/mol. The van der Waals surface area contributed by atoms with E-state index >= 15 is 0 Å². The van der Waals surface area contributed by atoms with Crippen LogP contribution in [0.15, 0.2) is 52.4 Å². The number of rotatable bonds is 7. The van der Waals surface area contributed by atoms with Gasteiger partial charge in [0.05, 0.1) is 27.8 Å². The molecule has 0 saturated carbocycles. The van der Waals surface area contributed by atoms with Crippen LogP contribution in [0.4, 0.5) is 5.69 Å². The summed E-state index contributed by atoms with van der Waals surface area (Å²) in [7, 11) is 1.43. The third kappa shape index (κ3) is 4.54. The van der Waals surface area contributed by atoms with Gasteiger partial charge in [-0.1, -0.05) is 37.7 Å². The van der Waals surface area contributed by atoms with Crippen molar-refractivity contribution < 1.29 is 14.4 Å². The predicted octanol–water partition coefficient (Wildman–Crippen LogP) is 3.40. The van der Waals surface area contributed by atoms with E-state index in [0.717, 1.165) is 11.3 Å².